The zero-order chi connectivity index (χ0) is 19.1. The molecule has 0 bridgehead atoms. The van der Waals surface area contributed by atoms with Gasteiger partial charge in [0, 0.05) is 27.7 Å². The van der Waals surface area contributed by atoms with Crippen LogP contribution in [-0.4, -0.2) is 61.0 Å². The summed E-state index contributed by atoms with van der Waals surface area (Å²) >= 11 is 0. The van der Waals surface area contributed by atoms with Gasteiger partial charge < -0.3 is 23.7 Å². The van der Waals surface area contributed by atoms with E-state index >= 15 is 0 Å². The summed E-state index contributed by atoms with van der Waals surface area (Å²) in [6.07, 6.45) is -6.27. The Kier molecular flexibility index (Phi) is 7.32. The van der Waals surface area contributed by atoms with Crippen LogP contribution in [0.15, 0.2) is 0 Å². The minimum Gasteiger partial charge on any atom is -0.463 e. The number of hydrogen-bond donors (Lipinski definition) is 0. The maximum atomic E-state index is 11.4. The van der Waals surface area contributed by atoms with Crippen LogP contribution in [0, 0.1) is 11.3 Å². The van der Waals surface area contributed by atoms with Gasteiger partial charge in [-0.1, -0.05) is 0 Å². The Morgan fingerprint density at radius 1 is 0.840 bits per heavy atom. The highest BCUT2D eigenvalue weighted by Crippen LogP contribution is 2.28. The summed E-state index contributed by atoms with van der Waals surface area (Å²) in [6, 6.07) is 1.78. The van der Waals surface area contributed by atoms with Gasteiger partial charge in [-0.25, -0.2) is 0 Å². The lowest BCUT2D eigenvalue weighted by Gasteiger charge is -2.42. The molecule has 0 spiro atoms. The van der Waals surface area contributed by atoms with Gasteiger partial charge in [-0.3, -0.25) is 19.2 Å². The van der Waals surface area contributed by atoms with Crippen LogP contribution < -0.4 is 0 Å². The van der Waals surface area contributed by atoms with E-state index in [1.165, 1.54) is 0 Å². The first-order valence-electron chi connectivity index (χ1n) is 7.35. The van der Waals surface area contributed by atoms with Gasteiger partial charge in [0.1, 0.15) is 12.7 Å². The third-order valence-corrected chi connectivity index (χ3v) is 3.12. The molecule has 1 aliphatic heterocycles. The van der Waals surface area contributed by atoms with Crippen molar-refractivity contribution in [2.45, 2.75) is 58.2 Å². The van der Waals surface area contributed by atoms with Crippen LogP contribution >= 0.6 is 0 Å². The molecule has 1 rings (SSSR count). The first-order valence-corrected chi connectivity index (χ1v) is 7.35. The summed E-state index contributed by atoms with van der Waals surface area (Å²) in [5, 5.41) is 9.27. The molecular weight excluding hydrogens is 338 g/mol. The van der Waals surface area contributed by atoms with Gasteiger partial charge in [0.15, 0.2) is 24.4 Å². The Balaban J connectivity index is 3.21. The Bertz CT molecular complexity index is 582. The van der Waals surface area contributed by atoms with Crippen LogP contribution in [0.4, 0.5) is 0 Å². The second-order valence-corrected chi connectivity index (χ2v) is 5.25. The van der Waals surface area contributed by atoms with Crippen molar-refractivity contribution in [2.24, 2.45) is 0 Å². The van der Waals surface area contributed by atoms with Gasteiger partial charge in [-0.15, -0.1) is 0 Å². The van der Waals surface area contributed by atoms with Gasteiger partial charge in [0.25, 0.3) is 0 Å². The van der Waals surface area contributed by atoms with Crippen molar-refractivity contribution < 1.29 is 42.9 Å². The molecule has 0 N–H and O–H groups in total. The standard InChI is InChI=1S/C15H19NO9/c1-7(17)21-6-12-14(23-9(3)19)15(24-10(4)20)13(22-8(2)18)11(5-16)25-12/h11-15H,6H2,1-4H3/t11?,12-,13?,14?,15?/m1/s1. The lowest BCUT2D eigenvalue weighted by Crippen LogP contribution is -2.62. The number of hydrogen-bond acceptors (Lipinski definition) is 10. The predicted molar refractivity (Wildman–Crippen MR) is 77.6 cm³/mol. The molecule has 10 nitrogen and oxygen atoms in total. The molecule has 0 aromatic heterocycles. The van der Waals surface area contributed by atoms with Crippen molar-refractivity contribution in [1.82, 2.24) is 0 Å². The van der Waals surface area contributed by atoms with Gasteiger partial charge in [0.2, 0.25) is 0 Å². The number of ether oxygens (including phenoxy) is 5. The number of nitriles is 1. The second kappa shape index (κ2) is 8.98. The van der Waals surface area contributed by atoms with Crippen LogP contribution in [0.3, 0.4) is 0 Å². The van der Waals surface area contributed by atoms with Crippen molar-refractivity contribution in [3.8, 4) is 6.07 Å². The third kappa shape index (κ3) is 6.04. The van der Waals surface area contributed by atoms with E-state index in [1.54, 1.807) is 6.07 Å². The third-order valence-electron chi connectivity index (χ3n) is 3.12. The van der Waals surface area contributed by atoms with E-state index in [0.717, 1.165) is 27.7 Å². The molecule has 5 atom stereocenters. The lowest BCUT2D eigenvalue weighted by atomic mass is 9.94. The smallest absolute Gasteiger partial charge is 0.303 e. The minimum atomic E-state index is -1.32. The SMILES string of the molecule is CC(=O)OC[C@H]1OC(C#N)C(OC(C)=O)C(OC(C)=O)C1OC(C)=O. The van der Waals surface area contributed by atoms with E-state index in [4.69, 9.17) is 23.7 Å². The zero-order valence-corrected chi connectivity index (χ0v) is 14.2. The molecule has 0 aliphatic carbocycles. The molecule has 10 heteroatoms. The Morgan fingerprint density at radius 3 is 1.76 bits per heavy atom. The monoisotopic (exact) mass is 357 g/mol. The number of carbonyl (C=O) groups is 4. The molecule has 0 aromatic carbocycles. The maximum Gasteiger partial charge on any atom is 0.303 e. The van der Waals surface area contributed by atoms with Crippen molar-refractivity contribution >= 4 is 23.9 Å². The van der Waals surface area contributed by atoms with Crippen molar-refractivity contribution in [3.63, 3.8) is 0 Å². The Labute approximate surface area is 143 Å². The van der Waals surface area contributed by atoms with Gasteiger partial charge in [-0.2, -0.15) is 5.26 Å². The number of nitrogens with zero attached hydrogens (tertiary/aromatic N) is 1. The first-order chi connectivity index (χ1) is 11.6. The van der Waals surface area contributed by atoms with Gasteiger partial charge >= 0.3 is 23.9 Å². The fourth-order valence-corrected chi connectivity index (χ4v) is 2.33. The van der Waals surface area contributed by atoms with Crippen molar-refractivity contribution in [2.75, 3.05) is 6.61 Å². The fraction of sp³-hybridized carbons (Fsp3) is 0.667. The van der Waals surface area contributed by atoms with Crippen molar-refractivity contribution in [1.29, 1.82) is 5.26 Å². The summed E-state index contributed by atoms with van der Waals surface area (Å²) in [6.45, 7) is 4.14. The summed E-state index contributed by atoms with van der Waals surface area (Å²) in [7, 11) is 0. The van der Waals surface area contributed by atoms with E-state index in [1.807, 2.05) is 0 Å². The molecule has 138 valence electrons. The average molecular weight is 357 g/mol. The molecule has 0 aromatic rings. The van der Waals surface area contributed by atoms with Crippen LogP contribution in [0.5, 0.6) is 0 Å². The fourth-order valence-electron chi connectivity index (χ4n) is 2.33. The van der Waals surface area contributed by atoms with E-state index in [2.05, 4.69) is 0 Å². The minimum absolute atomic E-state index is 0.351. The second-order valence-electron chi connectivity index (χ2n) is 5.25. The van der Waals surface area contributed by atoms with Crippen LogP contribution in [-0.2, 0) is 42.9 Å². The van der Waals surface area contributed by atoms with E-state index in [0.29, 0.717) is 0 Å². The topological polar surface area (TPSA) is 138 Å². The average Bonchev–Trinajstić information content (AvgIpc) is 2.48. The normalized spacial score (nSPS) is 28.2. The molecular formula is C15H19NO9. The summed E-state index contributed by atoms with van der Waals surface area (Å²) in [5.41, 5.74) is 0. The highest BCUT2D eigenvalue weighted by Gasteiger charge is 2.52. The molecule has 1 fully saturated rings. The Morgan fingerprint density at radius 2 is 1.32 bits per heavy atom. The summed E-state index contributed by atoms with van der Waals surface area (Å²) in [4.78, 5) is 45.2. The van der Waals surface area contributed by atoms with E-state index in [9.17, 15) is 24.4 Å². The molecule has 0 radical (unpaired) electrons. The van der Waals surface area contributed by atoms with Gasteiger partial charge in [-0.05, 0) is 0 Å². The molecule has 0 amide bonds. The van der Waals surface area contributed by atoms with E-state index in [-0.39, 0.29) is 6.61 Å². The first kappa shape index (κ1) is 20.4. The molecule has 1 aliphatic rings. The lowest BCUT2D eigenvalue weighted by molar-refractivity contribution is -0.243. The number of rotatable bonds is 5. The number of carbonyl (C=O) groups excluding carboxylic acids is 4. The van der Waals surface area contributed by atoms with Crippen molar-refractivity contribution in [3.05, 3.63) is 0 Å². The molecule has 4 unspecified atom stereocenters. The highest BCUT2D eigenvalue weighted by molar-refractivity contribution is 5.68. The van der Waals surface area contributed by atoms with E-state index < -0.39 is 54.4 Å². The predicted octanol–water partition coefficient (Wildman–Crippen LogP) is -0.364. The Hall–Kier alpha value is -2.67. The summed E-state index contributed by atoms with van der Waals surface area (Å²) in [5.74, 6) is -2.84. The van der Waals surface area contributed by atoms with Crippen LogP contribution in [0.1, 0.15) is 27.7 Å². The highest BCUT2D eigenvalue weighted by atomic mass is 16.7. The quantitative estimate of drug-likeness (QED) is 0.473. The van der Waals surface area contributed by atoms with Gasteiger partial charge in [0.05, 0.1) is 6.07 Å². The largest absolute Gasteiger partial charge is 0.463 e. The zero-order valence-electron chi connectivity index (χ0n) is 14.2. The number of esters is 4. The molecule has 1 heterocycles. The molecule has 25 heavy (non-hydrogen) atoms. The maximum absolute atomic E-state index is 11.4. The molecule has 1 saturated heterocycles. The van der Waals surface area contributed by atoms with Crippen LogP contribution in [0.2, 0.25) is 0 Å². The molecule has 0 saturated carbocycles. The summed E-state index contributed by atoms with van der Waals surface area (Å²) < 4.78 is 25.6. The van der Waals surface area contributed by atoms with Crippen LogP contribution in [0.25, 0.3) is 0 Å².